The molecule has 4 nitrogen and oxygen atoms in total. The molecular weight excluding hydrogens is 266 g/mol. The Bertz CT molecular complexity index is 610. The average molecular weight is 287 g/mol. The first-order chi connectivity index (χ1) is 9.94. The summed E-state index contributed by atoms with van der Waals surface area (Å²) in [5, 5.41) is 9.59. The third-order valence-corrected chi connectivity index (χ3v) is 5.34. The molecule has 0 bridgehead atoms. The van der Waals surface area contributed by atoms with Gasteiger partial charge in [0.15, 0.2) is 0 Å². The Kier molecular flexibility index (Phi) is 3.27. The summed E-state index contributed by atoms with van der Waals surface area (Å²) in [6.45, 7) is 4.95. The van der Waals surface area contributed by atoms with E-state index in [4.69, 9.17) is 0 Å². The van der Waals surface area contributed by atoms with Gasteiger partial charge in [0.05, 0.1) is 5.41 Å². The van der Waals surface area contributed by atoms with E-state index in [1.165, 1.54) is 0 Å². The van der Waals surface area contributed by atoms with E-state index >= 15 is 0 Å². The van der Waals surface area contributed by atoms with Crippen molar-refractivity contribution >= 4 is 11.9 Å². The Morgan fingerprint density at radius 2 is 2.05 bits per heavy atom. The van der Waals surface area contributed by atoms with Gasteiger partial charge >= 0.3 is 5.97 Å². The van der Waals surface area contributed by atoms with Crippen molar-refractivity contribution < 1.29 is 14.7 Å². The summed E-state index contributed by atoms with van der Waals surface area (Å²) in [6.07, 6.45) is 2.58. The zero-order valence-corrected chi connectivity index (χ0v) is 12.6. The molecule has 0 spiro atoms. The van der Waals surface area contributed by atoms with Crippen LogP contribution in [0.5, 0.6) is 0 Å². The highest BCUT2D eigenvalue weighted by Crippen LogP contribution is 2.49. The van der Waals surface area contributed by atoms with Crippen molar-refractivity contribution in [3.8, 4) is 0 Å². The predicted octanol–water partition coefficient (Wildman–Crippen LogP) is 2.63. The van der Waals surface area contributed by atoms with Crippen LogP contribution in [0.4, 0.5) is 0 Å². The summed E-state index contributed by atoms with van der Waals surface area (Å²) >= 11 is 0. The lowest BCUT2D eigenvalue weighted by Crippen LogP contribution is -2.37. The number of benzene rings is 1. The maximum absolute atomic E-state index is 12.6. The minimum atomic E-state index is -0.736. The van der Waals surface area contributed by atoms with Gasteiger partial charge in [-0.3, -0.25) is 9.59 Å². The van der Waals surface area contributed by atoms with Crippen LogP contribution >= 0.6 is 0 Å². The lowest BCUT2D eigenvalue weighted by atomic mass is 9.81. The fraction of sp³-hybridized carbons (Fsp3) is 0.529. The first-order valence-electron chi connectivity index (χ1n) is 7.54. The van der Waals surface area contributed by atoms with E-state index in [-0.39, 0.29) is 11.8 Å². The second-order valence-electron chi connectivity index (χ2n) is 6.54. The largest absolute Gasteiger partial charge is 0.481 e. The Balaban J connectivity index is 1.84. The van der Waals surface area contributed by atoms with Crippen LogP contribution in [0.15, 0.2) is 18.2 Å². The molecule has 1 N–H and O–H groups in total. The lowest BCUT2D eigenvalue weighted by molar-refractivity contribution is -0.149. The molecule has 2 atom stereocenters. The van der Waals surface area contributed by atoms with Crippen LogP contribution in [0.25, 0.3) is 0 Å². The predicted molar refractivity (Wildman–Crippen MR) is 79.2 cm³/mol. The second kappa shape index (κ2) is 4.86. The van der Waals surface area contributed by atoms with Crippen molar-refractivity contribution in [2.24, 2.45) is 11.3 Å². The van der Waals surface area contributed by atoms with Crippen LogP contribution in [-0.2, 0) is 4.79 Å². The average Bonchev–Trinajstić information content (AvgIpc) is 2.98. The molecule has 1 aromatic carbocycles. The number of carboxylic acid groups (broad SMARTS) is 1. The van der Waals surface area contributed by atoms with E-state index in [0.717, 1.165) is 24.0 Å². The molecule has 2 fully saturated rings. The number of rotatable bonds is 2. The van der Waals surface area contributed by atoms with E-state index < -0.39 is 11.4 Å². The van der Waals surface area contributed by atoms with Crippen molar-refractivity contribution in [1.29, 1.82) is 0 Å². The topological polar surface area (TPSA) is 57.6 Å². The van der Waals surface area contributed by atoms with Gasteiger partial charge in [-0.05, 0) is 55.9 Å². The molecule has 112 valence electrons. The SMILES string of the molecule is Cc1ccc(C(=O)N2C[C@@H]3CCC[C@@]3(C(=O)O)C2)cc1C. The highest BCUT2D eigenvalue weighted by molar-refractivity contribution is 5.95. The van der Waals surface area contributed by atoms with Crippen LogP contribution in [0.2, 0.25) is 0 Å². The number of hydrogen-bond donors (Lipinski definition) is 1. The number of nitrogens with zero attached hydrogens (tertiary/aromatic N) is 1. The first kappa shape index (κ1) is 14.1. The minimum Gasteiger partial charge on any atom is -0.481 e. The van der Waals surface area contributed by atoms with Gasteiger partial charge in [0, 0.05) is 18.7 Å². The van der Waals surface area contributed by atoms with Crippen molar-refractivity contribution in [3.63, 3.8) is 0 Å². The fourth-order valence-electron chi connectivity index (χ4n) is 3.85. The molecule has 3 rings (SSSR count). The maximum Gasteiger partial charge on any atom is 0.311 e. The van der Waals surface area contributed by atoms with Gasteiger partial charge in [0.2, 0.25) is 0 Å². The number of fused-ring (bicyclic) bond motifs is 1. The van der Waals surface area contributed by atoms with Crippen molar-refractivity contribution in [3.05, 3.63) is 34.9 Å². The Morgan fingerprint density at radius 3 is 2.67 bits per heavy atom. The van der Waals surface area contributed by atoms with Gasteiger partial charge in [-0.1, -0.05) is 12.5 Å². The van der Waals surface area contributed by atoms with E-state index in [0.29, 0.717) is 25.1 Å². The van der Waals surface area contributed by atoms with E-state index in [9.17, 15) is 14.7 Å². The quantitative estimate of drug-likeness (QED) is 0.909. The van der Waals surface area contributed by atoms with Gasteiger partial charge < -0.3 is 10.0 Å². The van der Waals surface area contributed by atoms with Gasteiger partial charge in [0.25, 0.3) is 5.91 Å². The zero-order chi connectivity index (χ0) is 15.2. The van der Waals surface area contributed by atoms with Crippen molar-refractivity contribution in [2.45, 2.75) is 33.1 Å². The molecule has 0 aromatic heterocycles. The standard InChI is InChI=1S/C17H21NO3/c1-11-5-6-13(8-12(11)2)15(19)18-9-14-4-3-7-17(14,10-18)16(20)21/h5-6,8,14H,3-4,7,9-10H2,1-2H3,(H,20,21)/t14-,17+/m0/s1. The number of likely N-dealkylation sites (tertiary alicyclic amines) is 1. The summed E-state index contributed by atoms with van der Waals surface area (Å²) in [7, 11) is 0. The van der Waals surface area contributed by atoms with Gasteiger partial charge in [-0.15, -0.1) is 0 Å². The van der Waals surface area contributed by atoms with E-state index in [1.54, 1.807) is 4.90 Å². The fourth-order valence-corrected chi connectivity index (χ4v) is 3.85. The number of aliphatic carboxylic acids is 1. The third-order valence-electron chi connectivity index (χ3n) is 5.34. The molecule has 0 unspecified atom stereocenters. The normalized spacial score (nSPS) is 27.7. The second-order valence-corrected chi connectivity index (χ2v) is 6.54. The van der Waals surface area contributed by atoms with Crippen LogP contribution < -0.4 is 0 Å². The highest BCUT2D eigenvalue weighted by atomic mass is 16.4. The maximum atomic E-state index is 12.6. The molecule has 1 saturated heterocycles. The molecule has 1 amide bonds. The molecule has 1 aliphatic heterocycles. The van der Waals surface area contributed by atoms with Gasteiger partial charge in [-0.2, -0.15) is 0 Å². The molecule has 4 heteroatoms. The Labute approximate surface area is 124 Å². The molecule has 2 aliphatic rings. The summed E-state index contributed by atoms with van der Waals surface area (Å²) in [4.78, 5) is 26.0. The highest BCUT2D eigenvalue weighted by Gasteiger charge is 2.55. The van der Waals surface area contributed by atoms with E-state index in [2.05, 4.69) is 0 Å². The lowest BCUT2D eigenvalue weighted by Gasteiger charge is -2.23. The molecule has 1 saturated carbocycles. The van der Waals surface area contributed by atoms with Crippen LogP contribution in [0.3, 0.4) is 0 Å². The summed E-state index contributed by atoms with van der Waals surface area (Å²) in [6, 6.07) is 5.69. The number of carbonyl (C=O) groups excluding carboxylic acids is 1. The molecule has 1 heterocycles. The smallest absolute Gasteiger partial charge is 0.311 e. The number of carboxylic acids is 1. The van der Waals surface area contributed by atoms with Crippen LogP contribution in [0, 0.1) is 25.2 Å². The number of hydrogen-bond acceptors (Lipinski definition) is 2. The molecular formula is C17H21NO3. The first-order valence-corrected chi connectivity index (χ1v) is 7.54. The molecule has 0 radical (unpaired) electrons. The van der Waals surface area contributed by atoms with Crippen LogP contribution in [0.1, 0.15) is 40.7 Å². The minimum absolute atomic E-state index is 0.0341. The molecule has 21 heavy (non-hydrogen) atoms. The summed E-state index contributed by atoms with van der Waals surface area (Å²) < 4.78 is 0. The summed E-state index contributed by atoms with van der Waals surface area (Å²) in [5.41, 5.74) is 2.22. The Hall–Kier alpha value is -1.84. The van der Waals surface area contributed by atoms with Crippen molar-refractivity contribution in [1.82, 2.24) is 4.90 Å². The number of aryl methyl sites for hydroxylation is 2. The Morgan fingerprint density at radius 1 is 1.29 bits per heavy atom. The van der Waals surface area contributed by atoms with Crippen LogP contribution in [-0.4, -0.2) is 35.0 Å². The monoisotopic (exact) mass is 287 g/mol. The van der Waals surface area contributed by atoms with Crippen molar-refractivity contribution in [2.75, 3.05) is 13.1 Å². The number of amides is 1. The molecule has 1 aliphatic carbocycles. The zero-order valence-electron chi connectivity index (χ0n) is 12.6. The summed E-state index contributed by atoms with van der Waals surface area (Å²) in [5.74, 6) is -0.654. The third kappa shape index (κ3) is 2.13. The van der Waals surface area contributed by atoms with Gasteiger partial charge in [0.1, 0.15) is 0 Å². The van der Waals surface area contributed by atoms with Gasteiger partial charge in [-0.25, -0.2) is 0 Å². The number of carbonyl (C=O) groups is 2. The molecule has 1 aromatic rings. The van der Waals surface area contributed by atoms with E-state index in [1.807, 2.05) is 32.0 Å².